The minimum absolute atomic E-state index is 0.0724. The van der Waals surface area contributed by atoms with Crippen molar-refractivity contribution in [2.24, 2.45) is 0 Å². The lowest BCUT2D eigenvalue weighted by Crippen LogP contribution is -2.30. The van der Waals surface area contributed by atoms with Crippen LogP contribution in [0, 0.1) is 0 Å². The Morgan fingerprint density at radius 3 is 2.32 bits per heavy atom. The molecule has 0 fully saturated rings. The number of aliphatic carboxylic acids is 1. The van der Waals surface area contributed by atoms with E-state index in [0.29, 0.717) is 30.2 Å². The van der Waals surface area contributed by atoms with Crippen molar-refractivity contribution in [2.45, 2.75) is 26.2 Å². The average molecular weight is 408 g/mol. The van der Waals surface area contributed by atoms with Gasteiger partial charge in [-0.2, -0.15) is 0 Å². The first kappa shape index (κ1) is 23.5. The second-order valence-electron chi connectivity index (χ2n) is 5.83. The lowest BCUT2D eigenvalue weighted by atomic mass is 10.1. The molecule has 3 N–H and O–H groups in total. The largest absolute Gasteiger partial charge is 0.484 e. The summed E-state index contributed by atoms with van der Waals surface area (Å²) in [4.78, 5) is 22.3. The molecule has 0 saturated carbocycles. The van der Waals surface area contributed by atoms with Gasteiger partial charge in [0, 0.05) is 24.6 Å². The molecule has 0 aliphatic rings. The Hall–Kier alpha value is -2.57. The topological polar surface area (TPSA) is 95.9 Å². The molecule has 0 saturated heterocycles. The van der Waals surface area contributed by atoms with E-state index < -0.39 is 5.97 Å². The van der Waals surface area contributed by atoms with Gasteiger partial charge in [-0.1, -0.05) is 41.9 Å². The molecule has 0 unspecified atom stereocenters. The molecule has 0 bridgehead atoms. The van der Waals surface area contributed by atoms with Gasteiger partial charge in [-0.15, -0.1) is 0 Å². The van der Waals surface area contributed by atoms with E-state index in [9.17, 15) is 9.59 Å². The molecule has 0 aromatic heterocycles. The van der Waals surface area contributed by atoms with Gasteiger partial charge in [0.25, 0.3) is 5.91 Å². The normalized spacial score (nSPS) is 9.82. The van der Waals surface area contributed by atoms with Crippen molar-refractivity contribution < 1.29 is 24.5 Å². The van der Waals surface area contributed by atoms with Crippen molar-refractivity contribution in [1.82, 2.24) is 5.32 Å². The van der Waals surface area contributed by atoms with Gasteiger partial charge in [0.2, 0.25) is 0 Å². The third kappa shape index (κ3) is 9.94. The van der Waals surface area contributed by atoms with Crippen molar-refractivity contribution in [2.75, 3.05) is 19.8 Å². The van der Waals surface area contributed by atoms with E-state index in [-0.39, 0.29) is 25.5 Å². The number of carbonyl (C=O) groups excluding carboxylic acids is 1. The van der Waals surface area contributed by atoms with Crippen molar-refractivity contribution >= 4 is 23.5 Å². The first-order valence-corrected chi connectivity index (χ1v) is 9.38. The Morgan fingerprint density at radius 2 is 1.71 bits per heavy atom. The number of carboxylic acids is 1. The van der Waals surface area contributed by atoms with E-state index in [2.05, 4.69) is 5.32 Å². The Kier molecular flexibility index (Phi) is 11.4. The lowest BCUT2D eigenvalue weighted by Gasteiger charge is -2.09. The van der Waals surface area contributed by atoms with E-state index in [1.807, 2.05) is 24.3 Å². The van der Waals surface area contributed by atoms with E-state index >= 15 is 0 Å². The molecule has 0 aliphatic heterocycles. The van der Waals surface area contributed by atoms with Gasteiger partial charge in [0.1, 0.15) is 5.75 Å². The zero-order chi connectivity index (χ0) is 20.8. The average Bonchev–Trinajstić information content (AvgIpc) is 2.67. The van der Waals surface area contributed by atoms with Gasteiger partial charge in [0.05, 0.1) is 0 Å². The van der Waals surface area contributed by atoms with E-state index in [1.54, 1.807) is 31.2 Å². The Balaban J connectivity index is 0.00000122. The molecule has 7 heteroatoms. The molecule has 152 valence electrons. The highest BCUT2D eigenvalue weighted by Gasteiger charge is 2.05. The Morgan fingerprint density at radius 1 is 1.07 bits per heavy atom. The van der Waals surface area contributed by atoms with Crippen LogP contribution in [0.15, 0.2) is 48.5 Å². The van der Waals surface area contributed by atoms with Gasteiger partial charge in [-0.05, 0) is 49.1 Å². The molecule has 2 aromatic carbocycles. The number of benzene rings is 2. The number of carboxylic acid groups (broad SMARTS) is 1. The van der Waals surface area contributed by atoms with Crippen LogP contribution in [0.1, 0.15) is 24.5 Å². The number of aliphatic hydroxyl groups is 1. The molecule has 6 nitrogen and oxygen atoms in total. The zero-order valence-electron chi connectivity index (χ0n) is 15.9. The summed E-state index contributed by atoms with van der Waals surface area (Å²) < 4.78 is 5.42. The molecule has 0 aliphatic carbocycles. The van der Waals surface area contributed by atoms with Crippen LogP contribution in [0.2, 0.25) is 5.02 Å². The quantitative estimate of drug-likeness (QED) is 0.593. The van der Waals surface area contributed by atoms with Gasteiger partial charge in [0.15, 0.2) is 6.61 Å². The third-order valence-electron chi connectivity index (χ3n) is 3.60. The fourth-order valence-corrected chi connectivity index (χ4v) is 2.47. The van der Waals surface area contributed by atoms with Crippen LogP contribution in [0.3, 0.4) is 0 Å². The molecule has 0 radical (unpaired) electrons. The highest BCUT2D eigenvalue weighted by Crippen LogP contribution is 2.15. The standard InChI is InChI=1S/C19H20ClNO4.C2H6O/c20-17-4-2-1-3-15(17)11-12-21-18(22)13-25-16-8-5-14(6-9-16)7-10-19(23)24;1-2-3/h1-6,8-9H,7,10-13H2,(H,21,22)(H,23,24);3H,2H2,1H3. The maximum Gasteiger partial charge on any atom is 0.303 e. The summed E-state index contributed by atoms with van der Waals surface area (Å²) in [5.74, 6) is -0.462. The smallest absolute Gasteiger partial charge is 0.303 e. The van der Waals surface area contributed by atoms with Gasteiger partial charge in [-0.3, -0.25) is 9.59 Å². The summed E-state index contributed by atoms with van der Waals surface area (Å²) in [6, 6.07) is 14.6. The summed E-state index contributed by atoms with van der Waals surface area (Å²) in [5.41, 5.74) is 1.90. The van der Waals surface area contributed by atoms with Crippen LogP contribution in [-0.4, -0.2) is 41.8 Å². The second-order valence-corrected chi connectivity index (χ2v) is 6.24. The summed E-state index contributed by atoms with van der Waals surface area (Å²) in [6.45, 7) is 2.34. The molecule has 0 atom stereocenters. The first-order chi connectivity index (χ1) is 13.5. The minimum Gasteiger partial charge on any atom is -0.484 e. The van der Waals surface area contributed by atoms with Crippen molar-refractivity contribution in [1.29, 1.82) is 0 Å². The zero-order valence-corrected chi connectivity index (χ0v) is 16.6. The maximum atomic E-state index is 11.8. The molecule has 0 spiro atoms. The van der Waals surface area contributed by atoms with Crippen LogP contribution in [-0.2, 0) is 22.4 Å². The van der Waals surface area contributed by atoms with Gasteiger partial charge in [-0.25, -0.2) is 0 Å². The van der Waals surface area contributed by atoms with Gasteiger partial charge >= 0.3 is 5.97 Å². The number of ether oxygens (including phenoxy) is 1. The highest BCUT2D eigenvalue weighted by atomic mass is 35.5. The van der Waals surface area contributed by atoms with E-state index in [4.69, 9.17) is 26.6 Å². The molecule has 0 heterocycles. The highest BCUT2D eigenvalue weighted by molar-refractivity contribution is 6.31. The second kappa shape index (κ2) is 13.6. The molecular weight excluding hydrogens is 382 g/mol. The molecule has 2 aromatic rings. The summed E-state index contributed by atoms with van der Waals surface area (Å²) >= 11 is 6.06. The number of aryl methyl sites for hydroxylation is 1. The summed E-state index contributed by atoms with van der Waals surface area (Å²) in [6.07, 6.45) is 1.22. The predicted octanol–water partition coefficient (Wildman–Crippen LogP) is 3.09. The number of amides is 1. The molecule has 28 heavy (non-hydrogen) atoms. The summed E-state index contributed by atoms with van der Waals surface area (Å²) in [7, 11) is 0. The lowest BCUT2D eigenvalue weighted by molar-refractivity contribution is -0.137. The first-order valence-electron chi connectivity index (χ1n) is 9.00. The van der Waals surface area contributed by atoms with Gasteiger partial charge < -0.3 is 20.3 Å². The monoisotopic (exact) mass is 407 g/mol. The number of nitrogens with one attached hydrogen (secondary N) is 1. The van der Waals surface area contributed by atoms with Crippen LogP contribution >= 0.6 is 11.6 Å². The fourth-order valence-electron chi connectivity index (χ4n) is 2.24. The van der Waals surface area contributed by atoms with Crippen molar-refractivity contribution in [3.05, 3.63) is 64.7 Å². The third-order valence-corrected chi connectivity index (χ3v) is 3.96. The number of hydrogen-bond donors (Lipinski definition) is 3. The van der Waals surface area contributed by atoms with E-state index in [0.717, 1.165) is 11.1 Å². The SMILES string of the molecule is CCO.O=C(O)CCc1ccc(OCC(=O)NCCc2ccccc2Cl)cc1. The number of hydrogen-bond acceptors (Lipinski definition) is 4. The molecular formula is C21H26ClNO5. The van der Waals surface area contributed by atoms with Crippen LogP contribution in [0.4, 0.5) is 0 Å². The Labute approximate surface area is 170 Å². The summed E-state index contributed by atoms with van der Waals surface area (Å²) in [5, 5.41) is 19.7. The van der Waals surface area contributed by atoms with Crippen molar-refractivity contribution in [3.63, 3.8) is 0 Å². The molecule has 1 amide bonds. The minimum atomic E-state index is -0.825. The van der Waals surface area contributed by atoms with Crippen LogP contribution < -0.4 is 10.1 Å². The van der Waals surface area contributed by atoms with Crippen molar-refractivity contribution in [3.8, 4) is 5.75 Å². The maximum absolute atomic E-state index is 11.8. The molecule has 2 rings (SSSR count). The number of carbonyl (C=O) groups is 2. The fraction of sp³-hybridized carbons (Fsp3) is 0.333. The number of halogens is 1. The predicted molar refractivity (Wildman–Crippen MR) is 109 cm³/mol. The Bertz CT molecular complexity index is 734. The number of aliphatic hydroxyl groups excluding tert-OH is 1. The number of rotatable bonds is 9. The van der Waals surface area contributed by atoms with Crippen LogP contribution in [0.25, 0.3) is 0 Å². The van der Waals surface area contributed by atoms with Crippen LogP contribution in [0.5, 0.6) is 5.75 Å². The van der Waals surface area contributed by atoms with E-state index in [1.165, 1.54) is 0 Å².